The summed E-state index contributed by atoms with van der Waals surface area (Å²) in [5.74, 6) is -1.12. The third-order valence-corrected chi connectivity index (χ3v) is 4.37. The van der Waals surface area contributed by atoms with E-state index in [2.05, 4.69) is 32.1 Å². The van der Waals surface area contributed by atoms with Crippen molar-refractivity contribution in [1.82, 2.24) is 10.9 Å². The number of amides is 3. The smallest absolute Gasteiger partial charge is 0.269 e. The molecule has 0 bridgehead atoms. The third kappa shape index (κ3) is 5.05. The largest absolute Gasteiger partial charge is 0.322 e. The van der Waals surface area contributed by atoms with Gasteiger partial charge in [0.25, 0.3) is 17.7 Å². The number of nitrogens with one attached hydrogen (secondary N) is 3. The van der Waals surface area contributed by atoms with Crippen molar-refractivity contribution in [1.29, 1.82) is 0 Å². The van der Waals surface area contributed by atoms with Gasteiger partial charge in [0.15, 0.2) is 0 Å². The summed E-state index contributed by atoms with van der Waals surface area (Å²) in [4.78, 5) is 36.3. The third-order valence-electron chi connectivity index (χ3n) is 3.84. The molecule has 0 radical (unpaired) electrons. The molecule has 0 unspecified atom stereocenters. The minimum Gasteiger partial charge on any atom is -0.322 e. The Kier molecular flexibility index (Phi) is 6.18. The van der Waals surface area contributed by atoms with E-state index in [0.717, 1.165) is 4.47 Å². The summed E-state index contributed by atoms with van der Waals surface area (Å²) in [6.07, 6.45) is 0. The molecule has 7 heteroatoms. The van der Waals surface area contributed by atoms with Crippen molar-refractivity contribution in [2.24, 2.45) is 0 Å². The number of halogens is 1. The molecule has 3 aromatic carbocycles. The Bertz CT molecular complexity index is 988. The van der Waals surface area contributed by atoms with Crippen LogP contribution in [0.1, 0.15) is 31.1 Å². The van der Waals surface area contributed by atoms with E-state index in [4.69, 9.17) is 0 Å². The van der Waals surface area contributed by atoms with Gasteiger partial charge >= 0.3 is 0 Å². The number of carbonyl (C=O) groups is 3. The van der Waals surface area contributed by atoms with Gasteiger partial charge in [-0.1, -0.05) is 34.1 Å². The van der Waals surface area contributed by atoms with Crippen LogP contribution in [-0.4, -0.2) is 17.7 Å². The van der Waals surface area contributed by atoms with Crippen LogP contribution in [-0.2, 0) is 0 Å². The average Bonchev–Trinajstić information content (AvgIpc) is 2.73. The van der Waals surface area contributed by atoms with Crippen LogP contribution in [0.4, 0.5) is 5.69 Å². The highest BCUT2D eigenvalue weighted by Crippen LogP contribution is 2.14. The van der Waals surface area contributed by atoms with Crippen molar-refractivity contribution in [3.63, 3.8) is 0 Å². The van der Waals surface area contributed by atoms with Crippen LogP contribution in [0.15, 0.2) is 83.3 Å². The fraction of sp³-hybridized carbons (Fsp3) is 0. The van der Waals surface area contributed by atoms with Crippen molar-refractivity contribution >= 4 is 39.3 Å². The Hall–Kier alpha value is -3.45. The number of carbonyl (C=O) groups excluding carboxylic acids is 3. The van der Waals surface area contributed by atoms with Crippen molar-refractivity contribution in [3.8, 4) is 0 Å². The summed E-state index contributed by atoms with van der Waals surface area (Å²) in [5.41, 5.74) is 6.57. The first-order valence-electron chi connectivity index (χ1n) is 8.35. The standard InChI is InChI=1S/C21H16BrN3O3/c22-17-10-6-15(7-11-17)19(26)23-18-12-8-16(9-13-18)21(28)25-24-20(27)14-4-2-1-3-5-14/h1-13H,(H,23,26)(H,24,27)(H,25,28). The number of benzene rings is 3. The molecular formula is C21H16BrN3O3. The molecule has 28 heavy (non-hydrogen) atoms. The normalized spacial score (nSPS) is 10.0. The lowest BCUT2D eigenvalue weighted by Crippen LogP contribution is -2.41. The maximum atomic E-state index is 12.2. The van der Waals surface area contributed by atoms with E-state index in [1.807, 2.05) is 0 Å². The van der Waals surface area contributed by atoms with E-state index >= 15 is 0 Å². The Morgan fingerprint density at radius 3 is 1.61 bits per heavy atom. The monoisotopic (exact) mass is 437 g/mol. The average molecular weight is 438 g/mol. The lowest BCUT2D eigenvalue weighted by Gasteiger charge is -2.09. The molecular weight excluding hydrogens is 422 g/mol. The second kappa shape index (κ2) is 8.96. The number of hydrogen-bond donors (Lipinski definition) is 3. The van der Waals surface area contributed by atoms with Crippen LogP contribution < -0.4 is 16.2 Å². The molecule has 0 saturated carbocycles. The number of hydrogen-bond acceptors (Lipinski definition) is 3. The first-order chi connectivity index (χ1) is 13.5. The van der Waals surface area contributed by atoms with Crippen LogP contribution in [0.3, 0.4) is 0 Å². The number of anilines is 1. The molecule has 3 rings (SSSR count). The van der Waals surface area contributed by atoms with E-state index in [9.17, 15) is 14.4 Å². The van der Waals surface area contributed by atoms with Gasteiger partial charge < -0.3 is 5.32 Å². The maximum absolute atomic E-state index is 12.2. The van der Waals surface area contributed by atoms with Gasteiger partial charge in [-0.25, -0.2) is 0 Å². The van der Waals surface area contributed by atoms with Gasteiger partial charge in [-0.15, -0.1) is 0 Å². The second-order valence-electron chi connectivity index (χ2n) is 5.81. The molecule has 3 amide bonds. The van der Waals surface area contributed by atoms with Crippen molar-refractivity contribution < 1.29 is 14.4 Å². The van der Waals surface area contributed by atoms with E-state index in [0.29, 0.717) is 22.4 Å². The first-order valence-corrected chi connectivity index (χ1v) is 9.15. The molecule has 0 heterocycles. The fourth-order valence-electron chi connectivity index (χ4n) is 2.36. The fourth-order valence-corrected chi connectivity index (χ4v) is 2.62. The maximum Gasteiger partial charge on any atom is 0.269 e. The lowest BCUT2D eigenvalue weighted by atomic mass is 10.1. The molecule has 0 aromatic heterocycles. The van der Waals surface area contributed by atoms with E-state index in [-0.39, 0.29) is 5.91 Å². The summed E-state index contributed by atoms with van der Waals surface area (Å²) in [6.45, 7) is 0. The first kappa shape index (κ1) is 19.3. The molecule has 0 saturated heterocycles. The molecule has 0 aliphatic heterocycles. The number of hydrazine groups is 1. The highest BCUT2D eigenvalue weighted by molar-refractivity contribution is 9.10. The van der Waals surface area contributed by atoms with Gasteiger partial charge in [0.2, 0.25) is 0 Å². The van der Waals surface area contributed by atoms with Crippen LogP contribution in [0.5, 0.6) is 0 Å². The molecule has 0 atom stereocenters. The van der Waals surface area contributed by atoms with E-state index in [1.165, 1.54) is 0 Å². The zero-order valence-electron chi connectivity index (χ0n) is 14.6. The molecule has 3 aromatic rings. The van der Waals surface area contributed by atoms with Gasteiger partial charge in [-0.2, -0.15) is 0 Å². The van der Waals surface area contributed by atoms with Crippen LogP contribution in [0.2, 0.25) is 0 Å². The molecule has 0 aliphatic carbocycles. The highest BCUT2D eigenvalue weighted by atomic mass is 79.9. The minimum atomic E-state index is -0.463. The Labute approximate surface area is 170 Å². The predicted molar refractivity (Wildman–Crippen MR) is 110 cm³/mol. The quantitative estimate of drug-likeness (QED) is 0.542. The van der Waals surface area contributed by atoms with Crippen molar-refractivity contribution in [3.05, 3.63) is 100 Å². The van der Waals surface area contributed by atoms with Gasteiger partial charge in [0.05, 0.1) is 0 Å². The van der Waals surface area contributed by atoms with Gasteiger partial charge in [0, 0.05) is 26.9 Å². The topological polar surface area (TPSA) is 87.3 Å². The molecule has 0 fully saturated rings. The molecule has 0 aliphatic rings. The van der Waals surface area contributed by atoms with Crippen molar-refractivity contribution in [2.75, 3.05) is 5.32 Å². The van der Waals surface area contributed by atoms with Gasteiger partial charge in [-0.05, 0) is 60.7 Å². The summed E-state index contributed by atoms with van der Waals surface area (Å²) >= 11 is 3.32. The second-order valence-corrected chi connectivity index (χ2v) is 6.73. The zero-order valence-corrected chi connectivity index (χ0v) is 16.2. The summed E-state index contributed by atoms with van der Waals surface area (Å²) in [5, 5.41) is 2.76. The van der Waals surface area contributed by atoms with Crippen LogP contribution >= 0.6 is 15.9 Å². The highest BCUT2D eigenvalue weighted by Gasteiger charge is 2.10. The number of rotatable bonds is 4. The van der Waals surface area contributed by atoms with Crippen LogP contribution in [0.25, 0.3) is 0 Å². The van der Waals surface area contributed by atoms with E-state index in [1.54, 1.807) is 78.9 Å². The molecule has 140 valence electrons. The molecule has 0 spiro atoms. The predicted octanol–water partition coefficient (Wildman–Crippen LogP) is 3.78. The summed E-state index contributed by atoms with van der Waals surface area (Å²) < 4.78 is 0.888. The zero-order chi connectivity index (χ0) is 19.9. The van der Waals surface area contributed by atoms with Gasteiger partial charge in [0.1, 0.15) is 0 Å². The Morgan fingerprint density at radius 1 is 0.571 bits per heavy atom. The summed E-state index contributed by atoms with van der Waals surface area (Å²) in [6, 6.07) is 21.9. The molecule has 6 nitrogen and oxygen atoms in total. The SMILES string of the molecule is O=C(NNC(=O)c1ccc(NC(=O)c2ccc(Br)cc2)cc1)c1ccccc1. The van der Waals surface area contributed by atoms with Crippen molar-refractivity contribution in [2.45, 2.75) is 0 Å². The lowest BCUT2D eigenvalue weighted by molar-refractivity contribution is 0.0846. The van der Waals surface area contributed by atoms with Gasteiger partial charge in [-0.3, -0.25) is 25.2 Å². The van der Waals surface area contributed by atoms with E-state index < -0.39 is 11.8 Å². The molecule has 3 N–H and O–H groups in total. The Morgan fingerprint density at radius 2 is 1.04 bits per heavy atom. The Balaban J connectivity index is 1.56. The summed E-state index contributed by atoms with van der Waals surface area (Å²) in [7, 11) is 0. The minimum absolute atomic E-state index is 0.250. The van der Waals surface area contributed by atoms with Crippen LogP contribution in [0, 0.1) is 0 Å².